The molecule has 118 valence electrons. The second-order valence-corrected chi connectivity index (χ2v) is 6.38. The average Bonchev–Trinajstić information content (AvgIpc) is 2.51. The van der Waals surface area contributed by atoms with E-state index in [-0.39, 0.29) is 0 Å². The maximum absolute atomic E-state index is 3.47. The van der Waals surface area contributed by atoms with Crippen molar-refractivity contribution in [1.29, 1.82) is 0 Å². The van der Waals surface area contributed by atoms with Gasteiger partial charge in [0, 0.05) is 38.3 Å². The Kier molecular flexibility index (Phi) is 6.22. The molecule has 2 atom stereocenters. The van der Waals surface area contributed by atoms with Crippen LogP contribution in [0.2, 0.25) is 0 Å². The van der Waals surface area contributed by atoms with Crippen molar-refractivity contribution in [3.8, 4) is 0 Å². The molecule has 1 heterocycles. The lowest BCUT2D eigenvalue weighted by Crippen LogP contribution is -2.51. The number of likely N-dealkylation sites (N-methyl/N-ethyl adjacent to an activating group) is 1. The van der Waals surface area contributed by atoms with Crippen LogP contribution in [0.4, 0.5) is 0 Å². The first kappa shape index (κ1) is 16.5. The second-order valence-electron chi connectivity index (χ2n) is 6.38. The average molecular weight is 289 g/mol. The van der Waals surface area contributed by atoms with E-state index in [9.17, 15) is 0 Å². The predicted molar refractivity (Wildman–Crippen MR) is 90.7 cm³/mol. The highest BCUT2D eigenvalue weighted by molar-refractivity contribution is 5.24. The molecule has 1 aromatic carbocycles. The van der Waals surface area contributed by atoms with Crippen LogP contribution in [0.5, 0.6) is 0 Å². The van der Waals surface area contributed by atoms with Crippen LogP contribution >= 0.6 is 0 Å². The Morgan fingerprint density at radius 1 is 1.24 bits per heavy atom. The van der Waals surface area contributed by atoms with Gasteiger partial charge in [0.1, 0.15) is 0 Å². The van der Waals surface area contributed by atoms with Crippen LogP contribution in [0.3, 0.4) is 0 Å². The largest absolute Gasteiger partial charge is 0.313 e. The Morgan fingerprint density at radius 2 is 1.95 bits per heavy atom. The van der Waals surface area contributed by atoms with E-state index in [0.717, 1.165) is 6.04 Å². The quantitative estimate of drug-likeness (QED) is 0.868. The van der Waals surface area contributed by atoms with Crippen molar-refractivity contribution in [1.82, 2.24) is 15.1 Å². The SMILES string of the molecule is CCC1CN(CCC(NC)c2ccc(C)cc2)CCN1C. The Balaban J connectivity index is 1.87. The monoisotopic (exact) mass is 289 g/mol. The van der Waals surface area contributed by atoms with Gasteiger partial charge in [-0.1, -0.05) is 36.8 Å². The van der Waals surface area contributed by atoms with Gasteiger partial charge in [-0.2, -0.15) is 0 Å². The van der Waals surface area contributed by atoms with E-state index >= 15 is 0 Å². The van der Waals surface area contributed by atoms with Gasteiger partial charge in [0.05, 0.1) is 0 Å². The fraction of sp³-hybridized carbons (Fsp3) is 0.667. The van der Waals surface area contributed by atoms with Crippen molar-refractivity contribution in [2.75, 3.05) is 40.3 Å². The smallest absolute Gasteiger partial charge is 0.0329 e. The fourth-order valence-corrected chi connectivity index (χ4v) is 3.24. The zero-order valence-electron chi connectivity index (χ0n) is 14.1. The molecule has 0 aliphatic carbocycles. The molecule has 3 heteroatoms. The molecule has 2 rings (SSSR count). The number of nitrogens with one attached hydrogen (secondary N) is 1. The topological polar surface area (TPSA) is 18.5 Å². The zero-order valence-corrected chi connectivity index (χ0v) is 14.1. The Hall–Kier alpha value is -0.900. The summed E-state index contributed by atoms with van der Waals surface area (Å²) in [5.41, 5.74) is 2.74. The molecular formula is C18H31N3. The maximum Gasteiger partial charge on any atom is 0.0329 e. The van der Waals surface area contributed by atoms with Gasteiger partial charge in [-0.15, -0.1) is 0 Å². The predicted octanol–water partition coefficient (Wildman–Crippen LogP) is 2.67. The van der Waals surface area contributed by atoms with E-state index in [0.29, 0.717) is 6.04 Å². The zero-order chi connectivity index (χ0) is 15.2. The summed E-state index contributed by atoms with van der Waals surface area (Å²) < 4.78 is 0. The third-order valence-electron chi connectivity index (χ3n) is 4.89. The van der Waals surface area contributed by atoms with Crippen molar-refractivity contribution in [3.05, 3.63) is 35.4 Å². The van der Waals surface area contributed by atoms with Crippen molar-refractivity contribution in [3.63, 3.8) is 0 Å². The molecule has 3 nitrogen and oxygen atoms in total. The molecular weight excluding hydrogens is 258 g/mol. The van der Waals surface area contributed by atoms with Gasteiger partial charge >= 0.3 is 0 Å². The highest BCUT2D eigenvalue weighted by Crippen LogP contribution is 2.19. The minimum absolute atomic E-state index is 0.463. The lowest BCUT2D eigenvalue weighted by molar-refractivity contribution is 0.0904. The van der Waals surface area contributed by atoms with Crippen molar-refractivity contribution in [2.24, 2.45) is 0 Å². The Bertz CT molecular complexity index is 415. The molecule has 1 aromatic rings. The summed E-state index contributed by atoms with van der Waals surface area (Å²) in [4.78, 5) is 5.14. The van der Waals surface area contributed by atoms with Gasteiger partial charge in [-0.05, 0) is 39.4 Å². The van der Waals surface area contributed by atoms with Crippen LogP contribution in [0, 0.1) is 6.92 Å². The molecule has 1 aliphatic heterocycles. The van der Waals surface area contributed by atoms with E-state index in [1.165, 1.54) is 50.1 Å². The van der Waals surface area contributed by atoms with Crippen molar-refractivity contribution >= 4 is 0 Å². The van der Waals surface area contributed by atoms with E-state index in [4.69, 9.17) is 0 Å². The third kappa shape index (κ3) is 4.53. The minimum atomic E-state index is 0.463. The van der Waals surface area contributed by atoms with Crippen molar-refractivity contribution in [2.45, 2.75) is 38.8 Å². The van der Waals surface area contributed by atoms with E-state index in [1.807, 2.05) is 0 Å². The molecule has 0 amide bonds. The highest BCUT2D eigenvalue weighted by Gasteiger charge is 2.23. The lowest BCUT2D eigenvalue weighted by Gasteiger charge is -2.39. The summed E-state index contributed by atoms with van der Waals surface area (Å²) in [6.07, 6.45) is 2.43. The first-order valence-electron chi connectivity index (χ1n) is 8.30. The van der Waals surface area contributed by atoms with Gasteiger partial charge in [0.15, 0.2) is 0 Å². The summed E-state index contributed by atoms with van der Waals surface area (Å²) in [6.45, 7) is 9.26. The molecule has 0 bridgehead atoms. The van der Waals surface area contributed by atoms with E-state index in [1.54, 1.807) is 0 Å². The molecule has 2 unspecified atom stereocenters. The molecule has 1 saturated heterocycles. The summed E-state index contributed by atoms with van der Waals surface area (Å²) in [5.74, 6) is 0. The van der Waals surface area contributed by atoms with Crippen LogP contribution in [-0.4, -0.2) is 56.1 Å². The molecule has 1 aliphatic rings. The number of hydrogen-bond acceptors (Lipinski definition) is 3. The summed E-state index contributed by atoms with van der Waals surface area (Å²) >= 11 is 0. The minimum Gasteiger partial charge on any atom is -0.313 e. The first-order valence-corrected chi connectivity index (χ1v) is 8.30. The molecule has 21 heavy (non-hydrogen) atoms. The number of hydrogen-bond donors (Lipinski definition) is 1. The number of rotatable bonds is 6. The number of benzene rings is 1. The molecule has 0 saturated carbocycles. The van der Waals surface area contributed by atoms with Crippen LogP contribution in [0.1, 0.15) is 36.9 Å². The number of piperazine rings is 1. The van der Waals surface area contributed by atoms with Gasteiger partial charge < -0.3 is 15.1 Å². The Morgan fingerprint density at radius 3 is 2.57 bits per heavy atom. The molecule has 1 fully saturated rings. The summed E-state index contributed by atoms with van der Waals surface area (Å²) in [5, 5.41) is 3.47. The molecule has 0 aromatic heterocycles. The highest BCUT2D eigenvalue weighted by atomic mass is 15.3. The van der Waals surface area contributed by atoms with Crippen LogP contribution in [0.15, 0.2) is 24.3 Å². The molecule has 0 radical (unpaired) electrons. The Labute approximate surface area is 130 Å². The summed E-state index contributed by atoms with van der Waals surface area (Å²) in [6, 6.07) is 10.1. The number of aryl methyl sites for hydroxylation is 1. The molecule has 0 spiro atoms. The fourth-order valence-electron chi connectivity index (χ4n) is 3.24. The molecule has 1 N–H and O–H groups in total. The van der Waals surface area contributed by atoms with Crippen LogP contribution in [-0.2, 0) is 0 Å². The van der Waals surface area contributed by atoms with Gasteiger partial charge in [-0.25, -0.2) is 0 Å². The van der Waals surface area contributed by atoms with E-state index < -0.39 is 0 Å². The number of nitrogens with zero attached hydrogens (tertiary/aromatic N) is 2. The van der Waals surface area contributed by atoms with Crippen LogP contribution in [0.25, 0.3) is 0 Å². The van der Waals surface area contributed by atoms with Crippen LogP contribution < -0.4 is 5.32 Å². The van der Waals surface area contributed by atoms with Gasteiger partial charge in [0.25, 0.3) is 0 Å². The van der Waals surface area contributed by atoms with Crippen molar-refractivity contribution < 1.29 is 0 Å². The normalized spacial score (nSPS) is 22.4. The first-order chi connectivity index (χ1) is 10.1. The lowest BCUT2D eigenvalue weighted by atomic mass is 10.0. The maximum atomic E-state index is 3.47. The summed E-state index contributed by atoms with van der Waals surface area (Å²) in [7, 11) is 4.33. The third-order valence-corrected chi connectivity index (χ3v) is 4.89. The standard InChI is InChI=1S/C18H31N3/c1-5-17-14-21(13-12-20(17)4)11-10-18(19-3)16-8-6-15(2)7-9-16/h6-9,17-19H,5,10-14H2,1-4H3. The van der Waals surface area contributed by atoms with E-state index in [2.05, 4.69) is 67.3 Å². The second kappa shape index (κ2) is 7.92. The van der Waals surface area contributed by atoms with Gasteiger partial charge in [0.2, 0.25) is 0 Å². The van der Waals surface area contributed by atoms with Gasteiger partial charge in [-0.3, -0.25) is 0 Å².